The van der Waals surface area contributed by atoms with E-state index in [9.17, 15) is 14.4 Å². The number of aromatic nitrogens is 3. The molecule has 3 rings (SSSR count). The van der Waals surface area contributed by atoms with Gasteiger partial charge in [-0.25, -0.2) is 4.79 Å². The molecule has 0 saturated carbocycles. The van der Waals surface area contributed by atoms with Crippen molar-refractivity contribution in [2.45, 2.75) is 51.4 Å². The van der Waals surface area contributed by atoms with Crippen molar-refractivity contribution in [2.24, 2.45) is 7.05 Å². The van der Waals surface area contributed by atoms with Crippen LogP contribution in [0.25, 0.3) is 0 Å². The molecule has 2 aromatic carbocycles. The Hall–Kier alpha value is -3.86. The number of nitrogens with zero attached hydrogens (tertiary/aromatic N) is 3. The van der Waals surface area contributed by atoms with E-state index in [0.717, 1.165) is 12.8 Å². The molecule has 2 N–H and O–H groups in total. The number of anilines is 1. The van der Waals surface area contributed by atoms with Crippen molar-refractivity contribution in [1.29, 1.82) is 0 Å². The van der Waals surface area contributed by atoms with Crippen molar-refractivity contribution in [3.05, 3.63) is 65.5 Å². The molecule has 0 unspecified atom stereocenters. The standard InChI is InChI=1S/C27H33N5O5S/c1-5-14-36-26(35)20-8-7-9-21(15-20)29-24(33)17-38-27-31-30-23(32(27)4)16-28-25(34)18(3)37-22-12-10-19(6-2)11-13-22/h7-13,15,18H,5-6,14,16-17H2,1-4H3,(H,28,34)(H,29,33)/t18-/m0/s1. The second kappa shape index (κ2) is 14.2. The van der Waals surface area contributed by atoms with Gasteiger partial charge in [0.2, 0.25) is 5.91 Å². The average Bonchev–Trinajstić information content (AvgIpc) is 3.28. The number of hydrogen-bond donors (Lipinski definition) is 2. The first kappa shape index (κ1) is 28.7. The highest BCUT2D eigenvalue weighted by Gasteiger charge is 2.17. The van der Waals surface area contributed by atoms with Crippen molar-refractivity contribution in [1.82, 2.24) is 20.1 Å². The first-order chi connectivity index (χ1) is 18.3. The Kier molecular flexibility index (Phi) is 10.7. The van der Waals surface area contributed by atoms with Gasteiger partial charge in [0.05, 0.1) is 24.5 Å². The van der Waals surface area contributed by atoms with Gasteiger partial charge in [-0.15, -0.1) is 10.2 Å². The Morgan fingerprint density at radius 2 is 1.84 bits per heavy atom. The number of aryl methyl sites for hydroxylation is 1. The lowest BCUT2D eigenvalue weighted by Gasteiger charge is -2.15. The van der Waals surface area contributed by atoms with Crippen LogP contribution in [0.4, 0.5) is 5.69 Å². The summed E-state index contributed by atoms with van der Waals surface area (Å²) in [4.78, 5) is 37.0. The van der Waals surface area contributed by atoms with Gasteiger partial charge in [0.1, 0.15) is 5.75 Å². The third kappa shape index (κ3) is 8.34. The van der Waals surface area contributed by atoms with Crippen LogP contribution in [0.1, 0.15) is 48.9 Å². The number of ether oxygens (including phenoxy) is 2. The molecule has 0 aliphatic heterocycles. The maximum Gasteiger partial charge on any atom is 0.338 e. The normalized spacial score (nSPS) is 11.5. The number of thioether (sulfide) groups is 1. The summed E-state index contributed by atoms with van der Waals surface area (Å²) < 4.78 is 12.6. The molecule has 11 heteroatoms. The van der Waals surface area contributed by atoms with Gasteiger partial charge in [0.15, 0.2) is 17.1 Å². The number of benzene rings is 2. The predicted molar refractivity (Wildman–Crippen MR) is 145 cm³/mol. The molecule has 0 bridgehead atoms. The Labute approximate surface area is 226 Å². The number of carbonyl (C=O) groups is 3. The van der Waals surface area contributed by atoms with Crippen molar-refractivity contribution < 1.29 is 23.9 Å². The minimum atomic E-state index is -0.680. The van der Waals surface area contributed by atoms with E-state index in [1.165, 1.54) is 17.3 Å². The van der Waals surface area contributed by atoms with E-state index < -0.39 is 12.1 Å². The number of amides is 2. The van der Waals surface area contributed by atoms with Crippen LogP contribution in [0.5, 0.6) is 5.75 Å². The molecule has 0 fully saturated rings. The topological polar surface area (TPSA) is 124 Å². The maximum absolute atomic E-state index is 12.5. The SMILES string of the molecule is CCCOC(=O)c1cccc(NC(=O)CSc2nnc(CNC(=O)[C@H](C)Oc3ccc(CC)cc3)n2C)c1. The van der Waals surface area contributed by atoms with Gasteiger partial charge in [-0.1, -0.05) is 43.8 Å². The van der Waals surface area contributed by atoms with Gasteiger partial charge in [-0.05, 0) is 55.7 Å². The van der Waals surface area contributed by atoms with Gasteiger partial charge < -0.3 is 24.7 Å². The molecule has 1 atom stereocenters. The Morgan fingerprint density at radius 3 is 2.55 bits per heavy atom. The molecular weight excluding hydrogens is 506 g/mol. The third-order valence-electron chi connectivity index (χ3n) is 5.51. The highest BCUT2D eigenvalue weighted by molar-refractivity contribution is 7.99. The lowest BCUT2D eigenvalue weighted by molar-refractivity contribution is -0.127. The molecule has 10 nitrogen and oxygen atoms in total. The van der Waals surface area contributed by atoms with E-state index >= 15 is 0 Å². The lowest BCUT2D eigenvalue weighted by Crippen LogP contribution is -2.36. The first-order valence-electron chi connectivity index (χ1n) is 12.4. The molecule has 202 valence electrons. The molecular formula is C27H33N5O5S. The fourth-order valence-electron chi connectivity index (χ4n) is 3.33. The molecule has 3 aromatic rings. The Balaban J connectivity index is 1.46. The number of rotatable bonds is 13. The number of carbonyl (C=O) groups excluding carboxylic acids is 3. The number of esters is 1. The second-order valence-electron chi connectivity index (χ2n) is 8.49. The van der Waals surface area contributed by atoms with Crippen LogP contribution in [0.15, 0.2) is 53.7 Å². The third-order valence-corrected chi connectivity index (χ3v) is 6.53. The summed E-state index contributed by atoms with van der Waals surface area (Å²) >= 11 is 1.21. The van der Waals surface area contributed by atoms with E-state index in [2.05, 4.69) is 27.8 Å². The Morgan fingerprint density at radius 1 is 1.08 bits per heavy atom. The van der Waals surface area contributed by atoms with Crippen molar-refractivity contribution in [2.75, 3.05) is 17.7 Å². The van der Waals surface area contributed by atoms with Crippen LogP contribution < -0.4 is 15.4 Å². The van der Waals surface area contributed by atoms with Crippen LogP contribution in [-0.4, -0.2) is 51.0 Å². The molecule has 38 heavy (non-hydrogen) atoms. The predicted octanol–water partition coefficient (Wildman–Crippen LogP) is 3.76. The van der Waals surface area contributed by atoms with Crippen LogP contribution >= 0.6 is 11.8 Å². The minimum Gasteiger partial charge on any atom is -0.481 e. The largest absolute Gasteiger partial charge is 0.481 e. The number of nitrogens with one attached hydrogen (secondary N) is 2. The van der Waals surface area contributed by atoms with E-state index in [-0.39, 0.29) is 24.1 Å². The zero-order chi connectivity index (χ0) is 27.5. The van der Waals surface area contributed by atoms with Crippen LogP contribution in [0.3, 0.4) is 0 Å². The van der Waals surface area contributed by atoms with Crippen molar-refractivity contribution in [3.63, 3.8) is 0 Å². The minimum absolute atomic E-state index is 0.0878. The maximum atomic E-state index is 12.5. The van der Waals surface area contributed by atoms with Gasteiger partial charge >= 0.3 is 5.97 Å². The lowest BCUT2D eigenvalue weighted by atomic mass is 10.2. The van der Waals surface area contributed by atoms with Crippen LogP contribution in [0.2, 0.25) is 0 Å². The smallest absolute Gasteiger partial charge is 0.338 e. The summed E-state index contributed by atoms with van der Waals surface area (Å²) in [7, 11) is 1.77. The summed E-state index contributed by atoms with van der Waals surface area (Å²) in [5, 5.41) is 14.3. The number of hydrogen-bond acceptors (Lipinski definition) is 8. The molecule has 1 aromatic heterocycles. The summed E-state index contributed by atoms with van der Waals surface area (Å²) in [5.41, 5.74) is 2.07. The van der Waals surface area contributed by atoms with Crippen LogP contribution in [-0.2, 0) is 34.3 Å². The molecule has 2 amide bonds. The van der Waals surface area contributed by atoms with E-state index in [4.69, 9.17) is 9.47 Å². The fourth-order valence-corrected chi connectivity index (χ4v) is 4.06. The molecule has 0 aliphatic carbocycles. The van der Waals surface area contributed by atoms with Crippen molar-refractivity contribution >= 4 is 35.2 Å². The average molecular weight is 540 g/mol. The van der Waals surface area contributed by atoms with Gasteiger partial charge in [-0.3, -0.25) is 9.59 Å². The highest BCUT2D eigenvalue weighted by Crippen LogP contribution is 2.18. The van der Waals surface area contributed by atoms with Crippen molar-refractivity contribution in [3.8, 4) is 5.75 Å². The fraction of sp³-hybridized carbons (Fsp3) is 0.370. The zero-order valence-electron chi connectivity index (χ0n) is 22.0. The quantitative estimate of drug-likeness (QED) is 0.249. The highest BCUT2D eigenvalue weighted by atomic mass is 32.2. The second-order valence-corrected chi connectivity index (χ2v) is 9.43. The molecule has 0 radical (unpaired) electrons. The van der Waals surface area contributed by atoms with Gasteiger partial charge in [-0.2, -0.15) is 0 Å². The summed E-state index contributed by atoms with van der Waals surface area (Å²) in [6.45, 7) is 6.19. The van der Waals surface area contributed by atoms with Crippen LogP contribution in [0, 0.1) is 0 Å². The van der Waals surface area contributed by atoms with E-state index in [0.29, 0.717) is 34.6 Å². The molecule has 0 aliphatic rings. The summed E-state index contributed by atoms with van der Waals surface area (Å²) in [5.74, 6) is 0.293. The van der Waals surface area contributed by atoms with Gasteiger partial charge in [0, 0.05) is 12.7 Å². The van der Waals surface area contributed by atoms with Gasteiger partial charge in [0.25, 0.3) is 5.91 Å². The Bertz CT molecular complexity index is 1240. The monoisotopic (exact) mass is 539 g/mol. The summed E-state index contributed by atoms with van der Waals surface area (Å²) in [6.07, 6.45) is 0.988. The van der Waals surface area contributed by atoms with E-state index in [1.807, 2.05) is 31.2 Å². The summed E-state index contributed by atoms with van der Waals surface area (Å²) in [6, 6.07) is 14.2. The first-order valence-corrected chi connectivity index (χ1v) is 13.4. The molecule has 0 spiro atoms. The zero-order valence-corrected chi connectivity index (χ0v) is 22.8. The molecule has 0 saturated heterocycles. The molecule has 1 heterocycles. The van der Waals surface area contributed by atoms with E-state index in [1.54, 1.807) is 42.8 Å².